The molecule has 1 aliphatic heterocycles. The molecule has 1 fully saturated rings. The SMILES string of the molecule is Cc1ccc(NCC2[C@H](C)CCCN2C(=O)c2cc(C)ccc2-n2cnc(C(F)(F)F)n2)nc1. The average molecular weight is 473 g/mol. The molecule has 1 aliphatic rings. The molecule has 3 heterocycles. The fraction of sp³-hybridized carbons (Fsp3) is 0.417. The lowest BCUT2D eigenvalue weighted by atomic mass is 9.89. The maximum Gasteiger partial charge on any atom is 0.453 e. The van der Waals surface area contributed by atoms with Crippen LogP contribution >= 0.6 is 0 Å². The minimum atomic E-state index is -4.66. The lowest BCUT2D eigenvalue weighted by Gasteiger charge is -2.40. The molecule has 2 aromatic heterocycles. The number of rotatable bonds is 5. The number of piperidine rings is 1. The molecule has 1 unspecified atom stereocenters. The van der Waals surface area contributed by atoms with Gasteiger partial charge >= 0.3 is 6.18 Å². The number of benzene rings is 1. The summed E-state index contributed by atoms with van der Waals surface area (Å²) in [5.41, 5.74) is 2.45. The van der Waals surface area contributed by atoms with Crippen molar-refractivity contribution in [2.24, 2.45) is 5.92 Å². The van der Waals surface area contributed by atoms with E-state index in [0.29, 0.717) is 18.7 Å². The summed E-state index contributed by atoms with van der Waals surface area (Å²) in [5, 5.41) is 6.90. The van der Waals surface area contributed by atoms with Crippen molar-refractivity contribution in [3.05, 3.63) is 65.4 Å². The third-order valence-corrected chi connectivity index (χ3v) is 6.15. The van der Waals surface area contributed by atoms with E-state index < -0.39 is 12.0 Å². The lowest BCUT2D eigenvalue weighted by molar-refractivity contribution is -0.144. The van der Waals surface area contributed by atoms with Crippen LogP contribution in [0.25, 0.3) is 5.69 Å². The van der Waals surface area contributed by atoms with E-state index in [1.807, 2.05) is 30.9 Å². The van der Waals surface area contributed by atoms with E-state index in [1.165, 1.54) is 0 Å². The number of pyridine rings is 1. The molecule has 0 radical (unpaired) electrons. The van der Waals surface area contributed by atoms with Gasteiger partial charge in [-0.25, -0.2) is 14.6 Å². The van der Waals surface area contributed by atoms with Crippen molar-refractivity contribution in [3.63, 3.8) is 0 Å². The molecule has 4 rings (SSSR count). The highest BCUT2D eigenvalue weighted by molar-refractivity contribution is 5.98. The number of anilines is 1. The zero-order valence-corrected chi connectivity index (χ0v) is 19.3. The van der Waals surface area contributed by atoms with Crippen molar-refractivity contribution >= 4 is 11.7 Å². The number of carbonyl (C=O) groups is 1. The largest absolute Gasteiger partial charge is 0.453 e. The summed E-state index contributed by atoms with van der Waals surface area (Å²) in [5.74, 6) is -0.509. The Bertz CT molecular complexity index is 1160. The van der Waals surface area contributed by atoms with Crippen molar-refractivity contribution in [1.29, 1.82) is 0 Å². The Labute approximate surface area is 196 Å². The highest BCUT2D eigenvalue weighted by atomic mass is 19.4. The van der Waals surface area contributed by atoms with Crippen LogP contribution in [0.2, 0.25) is 0 Å². The fourth-order valence-corrected chi connectivity index (χ4v) is 4.28. The van der Waals surface area contributed by atoms with Crippen LogP contribution in [0.5, 0.6) is 0 Å². The quantitative estimate of drug-likeness (QED) is 0.585. The fourth-order valence-electron chi connectivity index (χ4n) is 4.28. The van der Waals surface area contributed by atoms with Crippen LogP contribution in [0, 0.1) is 19.8 Å². The van der Waals surface area contributed by atoms with Crippen LogP contribution in [0.1, 0.15) is 47.1 Å². The van der Waals surface area contributed by atoms with Gasteiger partial charge in [0.15, 0.2) is 0 Å². The van der Waals surface area contributed by atoms with Gasteiger partial charge in [0.1, 0.15) is 12.1 Å². The second-order valence-corrected chi connectivity index (χ2v) is 8.82. The maximum atomic E-state index is 13.8. The Hall–Kier alpha value is -3.43. The average Bonchev–Trinajstić information content (AvgIpc) is 3.29. The number of hydrogen-bond donors (Lipinski definition) is 1. The van der Waals surface area contributed by atoms with Crippen molar-refractivity contribution < 1.29 is 18.0 Å². The van der Waals surface area contributed by atoms with Crippen molar-refractivity contribution in [2.75, 3.05) is 18.4 Å². The first kappa shape index (κ1) is 23.7. The third kappa shape index (κ3) is 5.05. The normalized spacial score (nSPS) is 18.7. The highest BCUT2D eigenvalue weighted by Gasteiger charge is 2.37. The molecule has 10 heteroatoms. The molecular formula is C24H27F3N6O. The van der Waals surface area contributed by atoms with Crippen LogP contribution in [0.15, 0.2) is 42.9 Å². The first-order chi connectivity index (χ1) is 16.1. The van der Waals surface area contributed by atoms with E-state index >= 15 is 0 Å². The van der Waals surface area contributed by atoms with Gasteiger partial charge in [0.05, 0.1) is 17.3 Å². The molecule has 3 aromatic rings. The standard InChI is InChI=1S/C24H27F3N6O/c1-15-6-8-19(33-14-30-23(31-33)24(25,26)27)18(11-15)22(34)32-10-4-5-17(3)20(32)13-29-21-9-7-16(2)12-28-21/h6-9,11-12,14,17,20H,4-5,10,13H2,1-3H3,(H,28,29)/t17-,20?/m1/s1. The summed E-state index contributed by atoms with van der Waals surface area (Å²) >= 11 is 0. The summed E-state index contributed by atoms with van der Waals surface area (Å²) in [7, 11) is 0. The summed E-state index contributed by atoms with van der Waals surface area (Å²) in [6.45, 7) is 7.00. The lowest BCUT2D eigenvalue weighted by Crippen LogP contribution is -2.51. The monoisotopic (exact) mass is 472 g/mol. The van der Waals surface area contributed by atoms with Gasteiger partial charge in [0.2, 0.25) is 0 Å². The number of amides is 1. The van der Waals surface area contributed by atoms with Crippen LogP contribution in [-0.4, -0.2) is 49.7 Å². The minimum absolute atomic E-state index is 0.0980. The topological polar surface area (TPSA) is 75.9 Å². The molecule has 1 saturated heterocycles. The molecule has 1 amide bonds. The Morgan fingerprint density at radius 3 is 2.59 bits per heavy atom. The van der Waals surface area contributed by atoms with Gasteiger partial charge in [-0.15, -0.1) is 5.10 Å². The second-order valence-electron chi connectivity index (χ2n) is 8.82. The third-order valence-electron chi connectivity index (χ3n) is 6.15. The van der Waals surface area contributed by atoms with Crippen LogP contribution in [-0.2, 0) is 6.18 Å². The summed E-state index contributed by atoms with van der Waals surface area (Å²) in [6, 6.07) is 8.80. The maximum absolute atomic E-state index is 13.8. The molecule has 0 spiro atoms. The van der Waals surface area contributed by atoms with Gasteiger partial charge in [0.25, 0.3) is 11.7 Å². The van der Waals surface area contributed by atoms with Crippen LogP contribution in [0.3, 0.4) is 0 Å². The Balaban J connectivity index is 1.62. The van der Waals surface area contributed by atoms with Gasteiger partial charge in [0, 0.05) is 19.3 Å². The zero-order chi connectivity index (χ0) is 24.5. The molecule has 1 N–H and O–H groups in total. The number of carbonyl (C=O) groups excluding carboxylic acids is 1. The van der Waals surface area contributed by atoms with Crippen molar-refractivity contribution in [1.82, 2.24) is 24.6 Å². The van der Waals surface area contributed by atoms with Crippen molar-refractivity contribution in [3.8, 4) is 5.69 Å². The molecule has 1 aromatic carbocycles. The highest BCUT2D eigenvalue weighted by Crippen LogP contribution is 2.29. The van der Waals surface area contributed by atoms with E-state index in [0.717, 1.165) is 40.8 Å². The van der Waals surface area contributed by atoms with Gasteiger partial charge in [-0.3, -0.25) is 4.79 Å². The van der Waals surface area contributed by atoms with Gasteiger partial charge < -0.3 is 10.2 Å². The molecule has 0 aliphatic carbocycles. The molecule has 2 atom stereocenters. The van der Waals surface area contributed by atoms with Crippen LogP contribution < -0.4 is 5.32 Å². The predicted octanol–water partition coefficient (Wildman–Crippen LogP) is 4.65. The van der Waals surface area contributed by atoms with Crippen molar-refractivity contribution in [2.45, 2.75) is 45.8 Å². The molecule has 0 bridgehead atoms. The zero-order valence-electron chi connectivity index (χ0n) is 19.3. The molecule has 180 valence electrons. The smallest absolute Gasteiger partial charge is 0.368 e. The first-order valence-electron chi connectivity index (χ1n) is 11.2. The van der Waals surface area contributed by atoms with Gasteiger partial charge in [-0.2, -0.15) is 13.2 Å². The number of hydrogen-bond acceptors (Lipinski definition) is 5. The summed E-state index contributed by atoms with van der Waals surface area (Å²) < 4.78 is 40.2. The molecule has 34 heavy (non-hydrogen) atoms. The number of aryl methyl sites for hydroxylation is 2. The Morgan fingerprint density at radius 1 is 1.15 bits per heavy atom. The molecule has 7 nitrogen and oxygen atoms in total. The van der Waals surface area contributed by atoms with Gasteiger partial charge in [-0.05, 0) is 56.4 Å². The predicted molar refractivity (Wildman–Crippen MR) is 122 cm³/mol. The van der Waals surface area contributed by atoms with E-state index in [2.05, 4.69) is 27.3 Å². The minimum Gasteiger partial charge on any atom is -0.368 e. The van der Waals surface area contributed by atoms with E-state index in [-0.39, 0.29) is 23.6 Å². The number of nitrogens with zero attached hydrogens (tertiary/aromatic N) is 5. The number of halogens is 3. The molecular weight excluding hydrogens is 445 g/mol. The van der Waals surface area contributed by atoms with E-state index in [4.69, 9.17) is 0 Å². The first-order valence-corrected chi connectivity index (χ1v) is 11.2. The van der Waals surface area contributed by atoms with E-state index in [9.17, 15) is 18.0 Å². The summed E-state index contributed by atoms with van der Waals surface area (Å²) in [6.07, 6.45) is -0.0542. The number of alkyl halides is 3. The second kappa shape index (κ2) is 9.44. The Morgan fingerprint density at radius 2 is 1.91 bits per heavy atom. The van der Waals surface area contributed by atoms with Crippen LogP contribution in [0.4, 0.5) is 19.0 Å². The Kier molecular flexibility index (Phi) is 6.58. The van der Waals surface area contributed by atoms with E-state index in [1.54, 1.807) is 24.4 Å². The number of aromatic nitrogens is 4. The van der Waals surface area contributed by atoms with Gasteiger partial charge in [-0.1, -0.05) is 24.6 Å². The number of likely N-dealkylation sites (tertiary alicyclic amines) is 1. The molecule has 0 saturated carbocycles. The summed E-state index contributed by atoms with van der Waals surface area (Å²) in [4.78, 5) is 23.3. The number of nitrogens with one attached hydrogen (secondary N) is 1.